The highest BCUT2D eigenvalue weighted by molar-refractivity contribution is 6.99. The molecule has 1 saturated heterocycles. The van der Waals surface area contributed by atoms with Gasteiger partial charge in [-0.05, 0) is 34.7 Å². The van der Waals surface area contributed by atoms with Crippen molar-refractivity contribution >= 4 is 25.0 Å². The average molecular weight is 439 g/mol. The Labute approximate surface area is 189 Å². The number of rotatable bonds is 10. The maximum atomic E-state index is 11.0. The lowest BCUT2D eigenvalue weighted by Gasteiger charge is -2.46. The second-order valence-corrected chi connectivity index (χ2v) is 14.0. The van der Waals surface area contributed by atoms with E-state index < -0.39 is 8.32 Å². The second-order valence-electron chi connectivity index (χ2n) is 9.74. The fourth-order valence-electron chi connectivity index (χ4n) is 4.93. The topological polar surface area (TPSA) is 35.5 Å². The highest BCUT2D eigenvalue weighted by Crippen LogP contribution is 2.40. The van der Waals surface area contributed by atoms with Crippen LogP contribution in [-0.2, 0) is 14.0 Å². The summed E-state index contributed by atoms with van der Waals surface area (Å²) in [4.78, 5) is 11.0. The van der Waals surface area contributed by atoms with Crippen LogP contribution < -0.4 is 10.4 Å². The lowest BCUT2D eigenvalue weighted by Crippen LogP contribution is -2.68. The molecule has 0 N–H and O–H groups in total. The monoisotopic (exact) mass is 438 g/mol. The maximum Gasteiger partial charge on any atom is 0.261 e. The Balaban J connectivity index is 2.06. The van der Waals surface area contributed by atoms with Crippen LogP contribution in [-0.4, -0.2) is 32.9 Å². The summed E-state index contributed by atoms with van der Waals surface area (Å²) in [6.45, 7) is 9.19. The van der Waals surface area contributed by atoms with Crippen LogP contribution in [0.5, 0.6) is 0 Å². The van der Waals surface area contributed by atoms with Gasteiger partial charge in [0, 0.05) is 6.42 Å². The van der Waals surface area contributed by atoms with Crippen molar-refractivity contribution < 1.29 is 14.0 Å². The van der Waals surface area contributed by atoms with Crippen LogP contribution in [0.4, 0.5) is 0 Å². The predicted octanol–water partition coefficient (Wildman–Crippen LogP) is 5.26. The Kier molecular flexibility index (Phi) is 8.26. The lowest BCUT2D eigenvalue weighted by molar-refractivity contribution is -0.111. The molecule has 1 aliphatic rings. The van der Waals surface area contributed by atoms with E-state index >= 15 is 0 Å². The summed E-state index contributed by atoms with van der Waals surface area (Å²) in [5.41, 5.74) is 0. The highest BCUT2D eigenvalue weighted by atomic mass is 28.4. The third-order valence-corrected chi connectivity index (χ3v) is 11.6. The number of unbranched alkanes of at least 4 members (excludes halogenated alkanes) is 1. The molecule has 2 aromatic rings. The summed E-state index contributed by atoms with van der Waals surface area (Å²) >= 11 is 0. The van der Waals surface area contributed by atoms with E-state index in [9.17, 15) is 4.79 Å². The van der Waals surface area contributed by atoms with E-state index in [1.54, 1.807) is 0 Å². The molecular weight excluding hydrogens is 400 g/mol. The molecule has 1 aliphatic heterocycles. The van der Waals surface area contributed by atoms with Gasteiger partial charge in [-0.25, -0.2) is 0 Å². The Hall–Kier alpha value is -1.75. The SMILES string of the molecule is CCCC[C@@H](O[Si](c1ccccc1)(c1ccccc1)C(C)(C)C)[C@H]1CC[C@H](CC=O)O1. The number of hydrogen-bond acceptors (Lipinski definition) is 3. The van der Waals surface area contributed by atoms with Crippen molar-refractivity contribution in [3.63, 3.8) is 0 Å². The molecule has 1 heterocycles. The third kappa shape index (κ3) is 5.36. The third-order valence-electron chi connectivity index (χ3n) is 6.50. The van der Waals surface area contributed by atoms with E-state index in [2.05, 4.69) is 88.4 Å². The summed E-state index contributed by atoms with van der Waals surface area (Å²) < 4.78 is 13.8. The first-order valence-corrected chi connectivity index (χ1v) is 13.7. The number of carbonyl (C=O) groups is 1. The maximum absolute atomic E-state index is 11.0. The summed E-state index contributed by atoms with van der Waals surface area (Å²) in [5, 5.41) is 2.55. The second kappa shape index (κ2) is 10.7. The smallest absolute Gasteiger partial charge is 0.261 e. The molecule has 0 radical (unpaired) electrons. The minimum atomic E-state index is -2.62. The highest BCUT2D eigenvalue weighted by Gasteiger charge is 2.52. The van der Waals surface area contributed by atoms with Gasteiger partial charge in [-0.3, -0.25) is 0 Å². The van der Waals surface area contributed by atoms with Crippen molar-refractivity contribution in [2.24, 2.45) is 0 Å². The zero-order valence-corrected chi connectivity index (χ0v) is 20.6. The first kappa shape index (κ1) is 23.9. The Morgan fingerprint density at radius 1 is 1.03 bits per heavy atom. The van der Waals surface area contributed by atoms with E-state index in [-0.39, 0.29) is 23.4 Å². The molecule has 0 spiro atoms. The lowest BCUT2D eigenvalue weighted by atomic mass is 10.0. The number of carbonyl (C=O) groups excluding carboxylic acids is 1. The Bertz CT molecular complexity index is 761. The first-order valence-electron chi connectivity index (χ1n) is 11.8. The summed E-state index contributed by atoms with van der Waals surface area (Å²) in [5.74, 6) is 0. The van der Waals surface area contributed by atoms with Gasteiger partial charge in [0.15, 0.2) is 0 Å². The van der Waals surface area contributed by atoms with Crippen molar-refractivity contribution in [1.29, 1.82) is 0 Å². The molecule has 31 heavy (non-hydrogen) atoms. The molecule has 4 heteroatoms. The Morgan fingerprint density at radius 3 is 2.10 bits per heavy atom. The molecule has 168 valence electrons. The van der Waals surface area contributed by atoms with Crippen LogP contribution in [0, 0.1) is 0 Å². The molecule has 0 amide bonds. The minimum absolute atomic E-state index is 0.0305. The molecule has 1 fully saturated rings. The molecule has 3 atom stereocenters. The number of benzene rings is 2. The van der Waals surface area contributed by atoms with Gasteiger partial charge < -0.3 is 14.0 Å². The summed E-state index contributed by atoms with van der Waals surface area (Å²) in [6.07, 6.45) is 6.72. The van der Waals surface area contributed by atoms with E-state index in [1.165, 1.54) is 10.4 Å². The quantitative estimate of drug-likeness (QED) is 0.375. The van der Waals surface area contributed by atoms with Crippen molar-refractivity contribution in [3.05, 3.63) is 60.7 Å². The fourth-order valence-corrected chi connectivity index (χ4v) is 9.67. The number of aldehydes is 1. The normalized spacial score (nSPS) is 20.5. The van der Waals surface area contributed by atoms with Crippen LogP contribution in [0.15, 0.2) is 60.7 Å². The van der Waals surface area contributed by atoms with Crippen LogP contribution in [0.3, 0.4) is 0 Å². The van der Waals surface area contributed by atoms with Crippen molar-refractivity contribution in [3.8, 4) is 0 Å². The standard InChI is InChI=1S/C27H38O3Si/c1-5-6-17-26(25-19-18-22(29-25)20-21-28)30-31(27(2,3)4,23-13-9-7-10-14-23)24-15-11-8-12-16-24/h7-16,21-22,25-26H,5-6,17-20H2,1-4H3/t22-,25-,26-/m1/s1. The largest absolute Gasteiger partial charge is 0.402 e. The fraction of sp³-hybridized carbons (Fsp3) is 0.519. The van der Waals surface area contributed by atoms with Crippen LogP contribution in [0.25, 0.3) is 0 Å². The number of ether oxygens (including phenoxy) is 1. The first-order chi connectivity index (χ1) is 14.9. The molecule has 0 unspecified atom stereocenters. The molecule has 0 bridgehead atoms. The molecule has 3 rings (SSSR count). The molecule has 0 aromatic heterocycles. The molecular formula is C27H38O3Si. The van der Waals surface area contributed by atoms with Crippen molar-refractivity contribution in [1.82, 2.24) is 0 Å². The number of hydrogen-bond donors (Lipinski definition) is 0. The van der Waals surface area contributed by atoms with E-state index in [4.69, 9.17) is 9.16 Å². The van der Waals surface area contributed by atoms with E-state index in [1.807, 2.05) is 0 Å². The van der Waals surface area contributed by atoms with Gasteiger partial charge in [0.2, 0.25) is 0 Å². The predicted molar refractivity (Wildman–Crippen MR) is 131 cm³/mol. The van der Waals surface area contributed by atoms with Crippen LogP contribution >= 0.6 is 0 Å². The van der Waals surface area contributed by atoms with Gasteiger partial charge in [-0.1, -0.05) is 101 Å². The molecule has 0 aliphatic carbocycles. The zero-order valence-electron chi connectivity index (χ0n) is 19.6. The Morgan fingerprint density at radius 2 is 1.61 bits per heavy atom. The van der Waals surface area contributed by atoms with Gasteiger partial charge in [0.1, 0.15) is 6.29 Å². The molecule has 2 aromatic carbocycles. The van der Waals surface area contributed by atoms with Gasteiger partial charge in [-0.15, -0.1) is 0 Å². The van der Waals surface area contributed by atoms with Crippen molar-refractivity contribution in [2.75, 3.05) is 0 Å². The van der Waals surface area contributed by atoms with Gasteiger partial charge >= 0.3 is 0 Å². The minimum Gasteiger partial charge on any atom is -0.402 e. The summed E-state index contributed by atoms with van der Waals surface area (Å²) in [6, 6.07) is 21.6. The average Bonchev–Trinajstić information content (AvgIpc) is 3.23. The van der Waals surface area contributed by atoms with Crippen LogP contribution in [0.1, 0.15) is 66.2 Å². The van der Waals surface area contributed by atoms with E-state index in [0.717, 1.165) is 38.4 Å². The van der Waals surface area contributed by atoms with Crippen LogP contribution in [0.2, 0.25) is 5.04 Å². The van der Waals surface area contributed by atoms with Crippen molar-refractivity contribution in [2.45, 2.75) is 89.6 Å². The summed E-state index contributed by atoms with van der Waals surface area (Å²) in [7, 11) is -2.62. The van der Waals surface area contributed by atoms with Gasteiger partial charge in [0.05, 0.1) is 18.3 Å². The molecule has 0 saturated carbocycles. The zero-order chi connectivity index (χ0) is 22.3. The van der Waals surface area contributed by atoms with E-state index in [0.29, 0.717) is 6.42 Å². The molecule has 3 nitrogen and oxygen atoms in total. The van der Waals surface area contributed by atoms with Gasteiger partial charge in [-0.2, -0.15) is 0 Å². The van der Waals surface area contributed by atoms with Gasteiger partial charge in [0.25, 0.3) is 8.32 Å².